The third-order valence-corrected chi connectivity index (χ3v) is 4.38. The second kappa shape index (κ2) is 7.74. The van der Waals surface area contributed by atoms with Crippen molar-refractivity contribution in [3.8, 4) is 10.6 Å². The lowest BCUT2D eigenvalue weighted by molar-refractivity contribution is 0.224. The molecule has 0 amide bonds. The Balaban J connectivity index is 2.07. The number of hydrogen-bond acceptors (Lipinski definition) is 4. The molecule has 2 rings (SSSR count). The fraction of sp³-hybridized carbons (Fsp3) is 0.400. The smallest absolute Gasteiger partial charge is 0.125 e. The lowest BCUT2D eigenvalue weighted by Crippen LogP contribution is -2.24. The molecule has 0 radical (unpaired) electrons. The van der Waals surface area contributed by atoms with E-state index in [1.165, 1.54) is 0 Å². The maximum Gasteiger partial charge on any atom is 0.125 e. The standard InChI is InChI=1S/C15H19ClN2OS/c1-2-18(8-5-9-19)10-12-11-20-15(17-12)13-6-3-4-7-14(13)16/h3-4,6-7,11,19H,2,5,8-10H2,1H3. The highest BCUT2D eigenvalue weighted by Crippen LogP contribution is 2.30. The van der Waals surface area contributed by atoms with Gasteiger partial charge in [0, 0.05) is 30.6 Å². The molecule has 0 aliphatic rings. The third-order valence-electron chi connectivity index (χ3n) is 3.12. The fourth-order valence-corrected chi connectivity index (χ4v) is 3.14. The molecular formula is C15H19ClN2OS. The van der Waals surface area contributed by atoms with Crippen LogP contribution < -0.4 is 0 Å². The summed E-state index contributed by atoms with van der Waals surface area (Å²) in [7, 11) is 0. The predicted octanol–water partition coefficient (Wildman–Crippen LogP) is 3.67. The summed E-state index contributed by atoms with van der Waals surface area (Å²) in [6.07, 6.45) is 0.801. The zero-order valence-electron chi connectivity index (χ0n) is 11.6. The summed E-state index contributed by atoms with van der Waals surface area (Å²) in [5.41, 5.74) is 2.05. The van der Waals surface area contributed by atoms with Gasteiger partial charge in [-0.25, -0.2) is 4.98 Å². The van der Waals surface area contributed by atoms with Gasteiger partial charge >= 0.3 is 0 Å². The van der Waals surface area contributed by atoms with E-state index in [1.54, 1.807) is 11.3 Å². The molecular weight excluding hydrogens is 292 g/mol. The molecule has 0 aliphatic carbocycles. The summed E-state index contributed by atoms with van der Waals surface area (Å²) in [4.78, 5) is 6.95. The Morgan fingerprint density at radius 3 is 2.85 bits per heavy atom. The van der Waals surface area contributed by atoms with Crippen molar-refractivity contribution < 1.29 is 5.11 Å². The topological polar surface area (TPSA) is 36.4 Å². The molecule has 2 aromatic rings. The van der Waals surface area contributed by atoms with Crippen molar-refractivity contribution in [2.45, 2.75) is 19.9 Å². The highest BCUT2D eigenvalue weighted by Gasteiger charge is 2.10. The van der Waals surface area contributed by atoms with Crippen LogP contribution >= 0.6 is 22.9 Å². The fourth-order valence-electron chi connectivity index (χ4n) is 2.01. The summed E-state index contributed by atoms with van der Waals surface area (Å²) < 4.78 is 0. The molecule has 3 nitrogen and oxygen atoms in total. The maximum absolute atomic E-state index is 8.91. The second-order valence-electron chi connectivity index (χ2n) is 4.57. The number of rotatable bonds is 7. The number of thiazole rings is 1. The molecule has 0 bridgehead atoms. The average Bonchev–Trinajstić information content (AvgIpc) is 2.92. The number of halogens is 1. The van der Waals surface area contributed by atoms with Crippen LogP contribution in [0.2, 0.25) is 5.02 Å². The average molecular weight is 311 g/mol. The molecule has 0 spiro atoms. The first-order chi connectivity index (χ1) is 9.74. The van der Waals surface area contributed by atoms with Crippen molar-refractivity contribution in [3.63, 3.8) is 0 Å². The molecule has 0 saturated heterocycles. The highest BCUT2D eigenvalue weighted by atomic mass is 35.5. The lowest BCUT2D eigenvalue weighted by Gasteiger charge is -2.18. The van der Waals surface area contributed by atoms with Crippen molar-refractivity contribution in [2.24, 2.45) is 0 Å². The van der Waals surface area contributed by atoms with Gasteiger partial charge in [-0.15, -0.1) is 11.3 Å². The zero-order valence-corrected chi connectivity index (χ0v) is 13.1. The first-order valence-corrected chi connectivity index (χ1v) is 8.03. The number of nitrogens with zero attached hydrogens (tertiary/aromatic N) is 2. The monoisotopic (exact) mass is 310 g/mol. The molecule has 20 heavy (non-hydrogen) atoms. The number of hydrogen-bond donors (Lipinski definition) is 1. The molecule has 108 valence electrons. The van der Waals surface area contributed by atoms with Crippen LogP contribution in [0.3, 0.4) is 0 Å². The van der Waals surface area contributed by atoms with E-state index in [9.17, 15) is 0 Å². The first kappa shape index (κ1) is 15.4. The van der Waals surface area contributed by atoms with Crippen LogP contribution in [0.25, 0.3) is 10.6 Å². The Labute approximate surface area is 128 Å². The Bertz CT molecular complexity index is 544. The summed E-state index contributed by atoms with van der Waals surface area (Å²) in [5, 5.41) is 12.7. The first-order valence-electron chi connectivity index (χ1n) is 6.77. The zero-order chi connectivity index (χ0) is 14.4. The molecule has 0 atom stereocenters. The maximum atomic E-state index is 8.91. The van der Waals surface area contributed by atoms with Gasteiger partial charge in [0.15, 0.2) is 0 Å². The van der Waals surface area contributed by atoms with E-state index in [2.05, 4.69) is 22.2 Å². The molecule has 0 saturated carbocycles. The van der Waals surface area contributed by atoms with Crippen molar-refractivity contribution >= 4 is 22.9 Å². The van der Waals surface area contributed by atoms with Crippen LogP contribution in [0.15, 0.2) is 29.6 Å². The van der Waals surface area contributed by atoms with Gasteiger partial charge < -0.3 is 5.11 Å². The van der Waals surface area contributed by atoms with Gasteiger partial charge in [0.2, 0.25) is 0 Å². The summed E-state index contributed by atoms with van der Waals surface area (Å²) >= 11 is 7.82. The Kier molecular flexibility index (Phi) is 5.98. The van der Waals surface area contributed by atoms with E-state index >= 15 is 0 Å². The summed E-state index contributed by atoms with van der Waals surface area (Å²) in [5.74, 6) is 0. The third kappa shape index (κ3) is 4.03. The van der Waals surface area contributed by atoms with Crippen LogP contribution in [0.5, 0.6) is 0 Å². The van der Waals surface area contributed by atoms with E-state index in [0.717, 1.165) is 47.3 Å². The van der Waals surface area contributed by atoms with Gasteiger partial charge in [-0.05, 0) is 19.0 Å². The van der Waals surface area contributed by atoms with Gasteiger partial charge in [0.1, 0.15) is 5.01 Å². The van der Waals surface area contributed by atoms with Gasteiger partial charge in [0.05, 0.1) is 10.7 Å². The second-order valence-corrected chi connectivity index (χ2v) is 5.84. The Morgan fingerprint density at radius 2 is 2.15 bits per heavy atom. The van der Waals surface area contributed by atoms with E-state index in [4.69, 9.17) is 16.7 Å². The minimum absolute atomic E-state index is 0.235. The Morgan fingerprint density at radius 1 is 1.35 bits per heavy atom. The van der Waals surface area contributed by atoms with Gasteiger partial charge in [-0.2, -0.15) is 0 Å². The summed E-state index contributed by atoms with van der Waals surface area (Å²) in [6.45, 7) is 5.03. The lowest BCUT2D eigenvalue weighted by atomic mass is 10.2. The van der Waals surface area contributed by atoms with Crippen molar-refractivity contribution in [1.82, 2.24) is 9.88 Å². The molecule has 0 unspecified atom stereocenters. The quantitative estimate of drug-likeness (QED) is 0.847. The van der Waals surface area contributed by atoms with Crippen LogP contribution in [-0.4, -0.2) is 34.7 Å². The van der Waals surface area contributed by atoms with E-state index < -0.39 is 0 Å². The van der Waals surface area contributed by atoms with Crippen LogP contribution in [-0.2, 0) is 6.54 Å². The molecule has 1 aromatic carbocycles. The number of benzene rings is 1. The molecule has 0 fully saturated rings. The predicted molar refractivity (Wildman–Crippen MR) is 85.2 cm³/mol. The minimum atomic E-state index is 0.235. The minimum Gasteiger partial charge on any atom is -0.396 e. The summed E-state index contributed by atoms with van der Waals surface area (Å²) in [6, 6.07) is 7.78. The molecule has 0 aliphatic heterocycles. The van der Waals surface area contributed by atoms with E-state index in [1.807, 2.05) is 24.3 Å². The van der Waals surface area contributed by atoms with Crippen LogP contribution in [0, 0.1) is 0 Å². The number of aromatic nitrogens is 1. The van der Waals surface area contributed by atoms with E-state index in [-0.39, 0.29) is 6.61 Å². The molecule has 1 N–H and O–H groups in total. The molecule has 5 heteroatoms. The van der Waals surface area contributed by atoms with Crippen LogP contribution in [0.1, 0.15) is 19.0 Å². The van der Waals surface area contributed by atoms with Crippen LogP contribution in [0.4, 0.5) is 0 Å². The number of aliphatic hydroxyl groups is 1. The number of aliphatic hydroxyl groups excluding tert-OH is 1. The van der Waals surface area contributed by atoms with Gasteiger partial charge in [-0.3, -0.25) is 4.90 Å². The van der Waals surface area contributed by atoms with Gasteiger partial charge in [0.25, 0.3) is 0 Å². The van der Waals surface area contributed by atoms with E-state index in [0.29, 0.717) is 0 Å². The molecule has 1 heterocycles. The normalized spacial score (nSPS) is 11.2. The van der Waals surface area contributed by atoms with Crippen molar-refractivity contribution in [1.29, 1.82) is 0 Å². The molecule has 1 aromatic heterocycles. The Hall–Kier alpha value is -0.940. The van der Waals surface area contributed by atoms with Crippen molar-refractivity contribution in [2.75, 3.05) is 19.7 Å². The van der Waals surface area contributed by atoms with Gasteiger partial charge in [-0.1, -0.05) is 36.7 Å². The largest absolute Gasteiger partial charge is 0.396 e. The highest BCUT2D eigenvalue weighted by molar-refractivity contribution is 7.13. The SMILES string of the molecule is CCN(CCCO)Cc1csc(-c2ccccc2Cl)n1. The van der Waals surface area contributed by atoms with Crippen molar-refractivity contribution in [3.05, 3.63) is 40.4 Å².